The summed E-state index contributed by atoms with van der Waals surface area (Å²) in [7, 11) is 0. The first kappa shape index (κ1) is 11.0. The van der Waals surface area contributed by atoms with E-state index in [4.69, 9.17) is 5.11 Å². The van der Waals surface area contributed by atoms with Crippen molar-refractivity contribution in [1.29, 1.82) is 0 Å². The molecule has 0 saturated heterocycles. The van der Waals surface area contributed by atoms with Crippen LogP contribution in [0.25, 0.3) is 0 Å². The molecule has 0 aliphatic carbocycles. The minimum atomic E-state index is -1.17. The smallest absolute Gasteiger partial charge is 0.328 e. The summed E-state index contributed by atoms with van der Waals surface area (Å²) in [5.74, 6) is -1.31. The van der Waals surface area contributed by atoms with Gasteiger partial charge in [-0.05, 0) is 6.42 Å². The molecule has 6 nitrogen and oxygen atoms in total. The average Bonchev–Trinajstić information content (AvgIpc) is 2.62. The van der Waals surface area contributed by atoms with Gasteiger partial charge in [-0.3, -0.25) is 9.89 Å². The third-order valence-corrected chi connectivity index (χ3v) is 1.64. The van der Waals surface area contributed by atoms with Gasteiger partial charge in [0.2, 0.25) is 5.91 Å². The summed E-state index contributed by atoms with van der Waals surface area (Å²) in [5.41, 5.74) is 0.896. The van der Waals surface area contributed by atoms with E-state index in [1.54, 1.807) is 6.07 Å². The number of nitrogens with one attached hydrogen (secondary N) is 2. The second-order valence-corrected chi connectivity index (χ2v) is 2.79. The quantitative estimate of drug-likeness (QED) is 0.631. The maximum atomic E-state index is 11.1. The highest BCUT2D eigenvalue weighted by Crippen LogP contribution is 2.05. The zero-order chi connectivity index (χ0) is 11.3. The first-order chi connectivity index (χ1) is 7.11. The third-order valence-electron chi connectivity index (χ3n) is 1.64. The standard InChI is InChI=1S/C9H11N3O3/c1-2-6-5-7(12-11-6)10-8(13)3-4-9(14)15/h3-5H,2H2,1H3,(H,14,15)(H2,10,11,12,13)/b4-3-. The Morgan fingerprint density at radius 3 is 2.87 bits per heavy atom. The maximum Gasteiger partial charge on any atom is 0.328 e. The van der Waals surface area contributed by atoms with E-state index >= 15 is 0 Å². The van der Waals surface area contributed by atoms with Gasteiger partial charge in [-0.1, -0.05) is 6.92 Å². The summed E-state index contributed by atoms with van der Waals surface area (Å²) < 4.78 is 0. The summed E-state index contributed by atoms with van der Waals surface area (Å²) in [6, 6.07) is 1.69. The molecule has 0 atom stereocenters. The van der Waals surface area contributed by atoms with E-state index in [-0.39, 0.29) is 0 Å². The molecule has 1 aromatic heterocycles. The van der Waals surface area contributed by atoms with Gasteiger partial charge in [0, 0.05) is 23.9 Å². The van der Waals surface area contributed by atoms with E-state index < -0.39 is 11.9 Å². The number of rotatable bonds is 4. The van der Waals surface area contributed by atoms with Crippen LogP contribution in [0.5, 0.6) is 0 Å². The fourth-order valence-corrected chi connectivity index (χ4v) is 0.922. The molecule has 80 valence electrons. The van der Waals surface area contributed by atoms with Crippen molar-refractivity contribution in [2.24, 2.45) is 0 Å². The maximum absolute atomic E-state index is 11.1. The minimum absolute atomic E-state index is 0.381. The van der Waals surface area contributed by atoms with Crippen molar-refractivity contribution < 1.29 is 14.7 Å². The van der Waals surface area contributed by atoms with E-state index in [1.807, 2.05) is 6.92 Å². The number of nitrogens with zero attached hydrogens (tertiary/aromatic N) is 1. The van der Waals surface area contributed by atoms with Crippen LogP contribution in [-0.2, 0) is 16.0 Å². The highest BCUT2D eigenvalue weighted by Gasteiger charge is 2.02. The lowest BCUT2D eigenvalue weighted by molar-refractivity contribution is -0.131. The molecule has 0 saturated carbocycles. The SMILES string of the molecule is CCc1cc(NC(=O)/C=C\C(=O)O)n[nH]1. The van der Waals surface area contributed by atoms with Crippen molar-refractivity contribution in [1.82, 2.24) is 10.2 Å². The van der Waals surface area contributed by atoms with Crippen LogP contribution in [0.3, 0.4) is 0 Å². The Bertz CT molecular complexity index is 395. The highest BCUT2D eigenvalue weighted by molar-refractivity contribution is 6.01. The average molecular weight is 209 g/mol. The number of amides is 1. The van der Waals surface area contributed by atoms with Crippen molar-refractivity contribution in [2.45, 2.75) is 13.3 Å². The molecule has 0 unspecified atom stereocenters. The molecule has 0 radical (unpaired) electrons. The Morgan fingerprint density at radius 2 is 2.33 bits per heavy atom. The number of carbonyl (C=O) groups is 2. The monoisotopic (exact) mass is 209 g/mol. The molecule has 1 heterocycles. The Balaban J connectivity index is 2.54. The number of carboxylic acids is 1. The van der Waals surface area contributed by atoms with Crippen LogP contribution >= 0.6 is 0 Å². The van der Waals surface area contributed by atoms with Gasteiger partial charge in [-0.15, -0.1) is 0 Å². The van der Waals surface area contributed by atoms with Crippen LogP contribution < -0.4 is 5.32 Å². The first-order valence-corrected chi connectivity index (χ1v) is 4.38. The number of aromatic amines is 1. The lowest BCUT2D eigenvalue weighted by atomic mass is 10.3. The molecule has 15 heavy (non-hydrogen) atoms. The number of aryl methyl sites for hydroxylation is 1. The predicted molar refractivity (Wildman–Crippen MR) is 53.4 cm³/mol. The molecule has 1 rings (SSSR count). The van der Waals surface area contributed by atoms with Gasteiger partial charge in [0.25, 0.3) is 0 Å². The summed E-state index contributed by atoms with van der Waals surface area (Å²) in [4.78, 5) is 21.2. The number of aromatic nitrogens is 2. The fraction of sp³-hybridized carbons (Fsp3) is 0.222. The highest BCUT2D eigenvalue weighted by atomic mass is 16.4. The molecule has 0 aliphatic heterocycles. The molecule has 6 heteroatoms. The van der Waals surface area contributed by atoms with E-state index in [2.05, 4.69) is 15.5 Å². The summed E-state index contributed by atoms with van der Waals surface area (Å²) >= 11 is 0. The van der Waals surface area contributed by atoms with Gasteiger partial charge in [0.05, 0.1) is 0 Å². The Labute approximate surface area is 86.0 Å². The summed E-state index contributed by atoms with van der Waals surface area (Å²) in [6.45, 7) is 1.95. The van der Waals surface area contributed by atoms with Crippen molar-refractivity contribution in [2.75, 3.05) is 5.32 Å². The number of carbonyl (C=O) groups excluding carboxylic acids is 1. The molecule has 1 amide bonds. The van der Waals surface area contributed by atoms with E-state index in [0.29, 0.717) is 5.82 Å². The van der Waals surface area contributed by atoms with Crippen LogP contribution in [0.1, 0.15) is 12.6 Å². The summed E-state index contributed by atoms with van der Waals surface area (Å²) in [6.07, 6.45) is 2.49. The van der Waals surface area contributed by atoms with Gasteiger partial charge < -0.3 is 10.4 Å². The molecule has 0 bridgehead atoms. The van der Waals surface area contributed by atoms with Gasteiger partial charge >= 0.3 is 5.97 Å². The van der Waals surface area contributed by atoms with Gasteiger partial charge in [-0.2, -0.15) is 5.10 Å². The third kappa shape index (κ3) is 3.63. The molecular formula is C9H11N3O3. The van der Waals surface area contributed by atoms with Crippen molar-refractivity contribution in [3.8, 4) is 0 Å². The number of H-pyrrole nitrogens is 1. The van der Waals surface area contributed by atoms with Crippen molar-refractivity contribution >= 4 is 17.7 Å². The minimum Gasteiger partial charge on any atom is -0.478 e. The lowest BCUT2D eigenvalue weighted by Crippen LogP contribution is -2.08. The zero-order valence-electron chi connectivity index (χ0n) is 8.15. The Morgan fingerprint density at radius 1 is 1.60 bits per heavy atom. The Hall–Kier alpha value is -2.11. The first-order valence-electron chi connectivity index (χ1n) is 4.38. The number of hydrogen-bond donors (Lipinski definition) is 3. The van der Waals surface area contributed by atoms with Crippen molar-refractivity contribution in [3.63, 3.8) is 0 Å². The van der Waals surface area contributed by atoms with Crippen LogP contribution in [0.15, 0.2) is 18.2 Å². The molecule has 0 aromatic carbocycles. The molecule has 0 aliphatic rings. The van der Waals surface area contributed by atoms with E-state index in [1.165, 1.54) is 0 Å². The van der Waals surface area contributed by atoms with E-state index in [9.17, 15) is 9.59 Å². The van der Waals surface area contributed by atoms with Gasteiger partial charge in [0.15, 0.2) is 5.82 Å². The van der Waals surface area contributed by atoms with Gasteiger partial charge in [-0.25, -0.2) is 4.79 Å². The second kappa shape index (κ2) is 4.94. The molecule has 3 N–H and O–H groups in total. The van der Waals surface area contributed by atoms with Crippen LogP contribution in [0.4, 0.5) is 5.82 Å². The molecular weight excluding hydrogens is 198 g/mol. The number of anilines is 1. The Kier molecular flexibility index (Phi) is 3.61. The van der Waals surface area contributed by atoms with Crippen LogP contribution in [0, 0.1) is 0 Å². The number of carboxylic acid groups (broad SMARTS) is 1. The topological polar surface area (TPSA) is 95.1 Å². The van der Waals surface area contributed by atoms with Crippen LogP contribution in [-0.4, -0.2) is 27.2 Å². The molecule has 1 aromatic rings. The zero-order valence-corrected chi connectivity index (χ0v) is 8.15. The lowest BCUT2D eigenvalue weighted by Gasteiger charge is -1.93. The predicted octanol–water partition coefficient (Wildman–Crippen LogP) is 0.551. The van der Waals surface area contributed by atoms with Crippen LogP contribution in [0.2, 0.25) is 0 Å². The molecule has 0 fully saturated rings. The molecule has 0 spiro atoms. The van der Waals surface area contributed by atoms with E-state index in [0.717, 1.165) is 24.3 Å². The normalized spacial score (nSPS) is 10.5. The number of aliphatic carboxylic acids is 1. The number of hydrogen-bond acceptors (Lipinski definition) is 3. The largest absolute Gasteiger partial charge is 0.478 e. The fourth-order valence-electron chi connectivity index (χ4n) is 0.922. The summed E-state index contributed by atoms with van der Waals surface area (Å²) in [5, 5.41) is 17.2. The van der Waals surface area contributed by atoms with Gasteiger partial charge in [0.1, 0.15) is 0 Å². The van der Waals surface area contributed by atoms with Crippen molar-refractivity contribution in [3.05, 3.63) is 23.9 Å². The second-order valence-electron chi connectivity index (χ2n) is 2.79.